The first kappa shape index (κ1) is 14.1. The lowest BCUT2D eigenvalue weighted by Crippen LogP contribution is -2.31. The summed E-state index contributed by atoms with van der Waals surface area (Å²) in [7, 11) is 0. The average Bonchev–Trinajstić information content (AvgIpc) is 2.47. The fraction of sp³-hybridized carbons (Fsp3) is 0.188. The second-order valence-electron chi connectivity index (χ2n) is 4.44. The van der Waals surface area contributed by atoms with Crippen molar-refractivity contribution in [2.24, 2.45) is 0 Å². The van der Waals surface area contributed by atoms with Crippen LogP contribution in [0.5, 0.6) is 5.75 Å². The van der Waals surface area contributed by atoms with E-state index < -0.39 is 0 Å². The lowest BCUT2D eigenvalue weighted by atomic mass is 10.1. The molecule has 0 spiro atoms. The van der Waals surface area contributed by atoms with Gasteiger partial charge in [-0.15, -0.1) is 0 Å². The Bertz CT molecular complexity index is 554. The van der Waals surface area contributed by atoms with Crippen LogP contribution in [0.25, 0.3) is 0 Å². The zero-order valence-electron chi connectivity index (χ0n) is 11.2. The van der Waals surface area contributed by atoms with Crippen LogP contribution in [0.4, 0.5) is 4.39 Å². The van der Waals surface area contributed by atoms with Crippen molar-refractivity contribution >= 4 is 5.91 Å². The minimum Gasteiger partial charge on any atom is -0.484 e. The molecule has 3 nitrogen and oxygen atoms in total. The SMILES string of the molecule is C[C@H](NC(=O)COc1ccccc1)c1ccc(F)cc1. The molecule has 104 valence electrons. The van der Waals surface area contributed by atoms with E-state index in [9.17, 15) is 9.18 Å². The molecule has 2 rings (SSSR count). The van der Waals surface area contributed by atoms with Gasteiger partial charge in [0.2, 0.25) is 0 Å². The van der Waals surface area contributed by atoms with Crippen LogP contribution in [-0.4, -0.2) is 12.5 Å². The minimum atomic E-state index is -0.292. The van der Waals surface area contributed by atoms with E-state index in [1.165, 1.54) is 12.1 Å². The molecule has 0 fully saturated rings. The molecule has 0 unspecified atom stereocenters. The van der Waals surface area contributed by atoms with E-state index in [1.807, 2.05) is 25.1 Å². The molecule has 1 N–H and O–H groups in total. The molecule has 0 heterocycles. The highest BCUT2D eigenvalue weighted by Crippen LogP contribution is 2.13. The number of amides is 1. The lowest BCUT2D eigenvalue weighted by molar-refractivity contribution is -0.123. The number of hydrogen-bond acceptors (Lipinski definition) is 2. The van der Waals surface area contributed by atoms with E-state index in [4.69, 9.17) is 4.74 Å². The van der Waals surface area contributed by atoms with Crippen molar-refractivity contribution in [3.05, 3.63) is 66.0 Å². The van der Waals surface area contributed by atoms with Gasteiger partial charge < -0.3 is 10.1 Å². The molecular weight excluding hydrogens is 257 g/mol. The summed E-state index contributed by atoms with van der Waals surface area (Å²) >= 11 is 0. The normalized spacial score (nSPS) is 11.7. The number of benzene rings is 2. The maximum Gasteiger partial charge on any atom is 0.258 e. The molecule has 0 bridgehead atoms. The first-order chi connectivity index (χ1) is 9.65. The van der Waals surface area contributed by atoms with Gasteiger partial charge in [-0.2, -0.15) is 0 Å². The average molecular weight is 273 g/mol. The van der Waals surface area contributed by atoms with Crippen LogP contribution >= 0.6 is 0 Å². The molecule has 0 radical (unpaired) electrons. The smallest absolute Gasteiger partial charge is 0.258 e. The van der Waals surface area contributed by atoms with E-state index in [0.29, 0.717) is 5.75 Å². The highest BCUT2D eigenvalue weighted by molar-refractivity contribution is 5.78. The topological polar surface area (TPSA) is 38.3 Å². The number of nitrogens with one attached hydrogen (secondary N) is 1. The Kier molecular flexibility index (Phi) is 4.71. The zero-order valence-corrected chi connectivity index (χ0v) is 11.2. The summed E-state index contributed by atoms with van der Waals surface area (Å²) < 4.78 is 18.2. The van der Waals surface area contributed by atoms with E-state index in [-0.39, 0.29) is 24.4 Å². The minimum absolute atomic E-state index is 0.0461. The Hall–Kier alpha value is -2.36. The van der Waals surface area contributed by atoms with E-state index in [1.54, 1.807) is 24.3 Å². The molecule has 0 saturated heterocycles. The van der Waals surface area contributed by atoms with E-state index in [0.717, 1.165) is 5.56 Å². The number of halogens is 1. The van der Waals surface area contributed by atoms with Crippen molar-refractivity contribution < 1.29 is 13.9 Å². The number of ether oxygens (including phenoxy) is 1. The molecule has 20 heavy (non-hydrogen) atoms. The molecule has 1 amide bonds. The van der Waals surface area contributed by atoms with Crippen LogP contribution in [0, 0.1) is 5.82 Å². The standard InChI is InChI=1S/C16H16FNO2/c1-12(13-7-9-14(17)10-8-13)18-16(19)11-20-15-5-3-2-4-6-15/h2-10,12H,11H2,1H3,(H,18,19)/t12-/m0/s1. The zero-order chi connectivity index (χ0) is 14.4. The van der Waals surface area contributed by atoms with Gasteiger partial charge >= 0.3 is 0 Å². The number of carbonyl (C=O) groups is 1. The molecule has 0 aliphatic rings. The molecule has 1 atom stereocenters. The molecule has 0 aromatic heterocycles. The Morgan fingerprint density at radius 3 is 2.45 bits per heavy atom. The van der Waals surface area contributed by atoms with Gasteiger partial charge in [0.15, 0.2) is 6.61 Å². The highest BCUT2D eigenvalue weighted by atomic mass is 19.1. The fourth-order valence-corrected chi connectivity index (χ4v) is 1.78. The Balaban J connectivity index is 1.83. The largest absolute Gasteiger partial charge is 0.484 e. The number of rotatable bonds is 5. The predicted molar refractivity (Wildman–Crippen MR) is 74.9 cm³/mol. The molecule has 0 saturated carbocycles. The summed E-state index contributed by atoms with van der Waals surface area (Å²) in [6.07, 6.45) is 0. The summed E-state index contributed by atoms with van der Waals surface area (Å²) in [4.78, 5) is 11.8. The molecule has 2 aromatic carbocycles. The van der Waals surface area contributed by atoms with Crippen LogP contribution in [0.2, 0.25) is 0 Å². The fourth-order valence-electron chi connectivity index (χ4n) is 1.78. The van der Waals surface area contributed by atoms with Crippen LogP contribution in [0.15, 0.2) is 54.6 Å². The van der Waals surface area contributed by atoms with Gasteiger partial charge in [-0.05, 0) is 36.8 Å². The van der Waals surface area contributed by atoms with Gasteiger partial charge in [0, 0.05) is 0 Å². The summed E-state index contributed by atoms with van der Waals surface area (Å²) in [5.74, 6) is 0.141. The van der Waals surface area contributed by atoms with Crippen molar-refractivity contribution in [1.82, 2.24) is 5.32 Å². The van der Waals surface area contributed by atoms with Crippen molar-refractivity contribution in [2.45, 2.75) is 13.0 Å². The third-order valence-electron chi connectivity index (χ3n) is 2.86. The third kappa shape index (κ3) is 4.09. The quantitative estimate of drug-likeness (QED) is 0.909. The summed E-state index contributed by atoms with van der Waals surface area (Å²) in [5.41, 5.74) is 0.847. The lowest BCUT2D eigenvalue weighted by Gasteiger charge is -2.14. The van der Waals surface area contributed by atoms with Crippen LogP contribution in [0.1, 0.15) is 18.5 Å². The summed E-state index contributed by atoms with van der Waals surface area (Å²) in [6.45, 7) is 1.79. The Labute approximate surface area is 117 Å². The maximum absolute atomic E-state index is 12.8. The predicted octanol–water partition coefficient (Wildman–Crippen LogP) is 3.08. The van der Waals surface area contributed by atoms with Gasteiger partial charge in [0.05, 0.1) is 6.04 Å². The molecular formula is C16H16FNO2. The van der Waals surface area contributed by atoms with Gasteiger partial charge in [-0.25, -0.2) is 4.39 Å². The van der Waals surface area contributed by atoms with E-state index in [2.05, 4.69) is 5.32 Å². The summed E-state index contributed by atoms with van der Waals surface area (Å²) in [6, 6.07) is 15.0. The molecule has 0 aliphatic carbocycles. The molecule has 2 aromatic rings. The monoisotopic (exact) mass is 273 g/mol. The van der Waals surface area contributed by atoms with Gasteiger partial charge in [0.1, 0.15) is 11.6 Å². The van der Waals surface area contributed by atoms with Crippen LogP contribution in [-0.2, 0) is 4.79 Å². The second kappa shape index (κ2) is 6.70. The number of para-hydroxylation sites is 1. The van der Waals surface area contributed by atoms with Gasteiger partial charge in [-0.3, -0.25) is 4.79 Å². The first-order valence-electron chi connectivity index (χ1n) is 6.38. The maximum atomic E-state index is 12.8. The molecule has 4 heteroatoms. The summed E-state index contributed by atoms with van der Waals surface area (Å²) in [5, 5.41) is 2.80. The second-order valence-corrected chi connectivity index (χ2v) is 4.44. The Morgan fingerprint density at radius 1 is 1.15 bits per heavy atom. The third-order valence-corrected chi connectivity index (χ3v) is 2.86. The van der Waals surface area contributed by atoms with Crippen LogP contribution in [0.3, 0.4) is 0 Å². The van der Waals surface area contributed by atoms with Crippen molar-refractivity contribution in [2.75, 3.05) is 6.61 Å². The number of carbonyl (C=O) groups excluding carboxylic acids is 1. The van der Waals surface area contributed by atoms with Crippen molar-refractivity contribution in [3.63, 3.8) is 0 Å². The van der Waals surface area contributed by atoms with Gasteiger partial charge in [0.25, 0.3) is 5.91 Å². The Morgan fingerprint density at radius 2 is 1.80 bits per heavy atom. The van der Waals surface area contributed by atoms with Crippen LogP contribution < -0.4 is 10.1 Å². The number of hydrogen-bond donors (Lipinski definition) is 1. The van der Waals surface area contributed by atoms with Gasteiger partial charge in [-0.1, -0.05) is 30.3 Å². The van der Waals surface area contributed by atoms with E-state index >= 15 is 0 Å². The van der Waals surface area contributed by atoms with Crippen molar-refractivity contribution in [3.8, 4) is 5.75 Å². The first-order valence-corrected chi connectivity index (χ1v) is 6.38. The van der Waals surface area contributed by atoms with Crippen molar-refractivity contribution in [1.29, 1.82) is 0 Å². The highest BCUT2D eigenvalue weighted by Gasteiger charge is 2.10. The molecule has 0 aliphatic heterocycles.